The maximum atomic E-state index is 13.6. The van der Waals surface area contributed by atoms with Gasteiger partial charge in [-0.25, -0.2) is 0 Å². The molecular weight excluding hydrogens is 509 g/mol. The number of carbonyl (C=O) groups excluding carboxylic acids is 2. The van der Waals surface area contributed by atoms with E-state index < -0.39 is 11.9 Å². The molecule has 4 heterocycles. The molecule has 39 heavy (non-hydrogen) atoms. The highest BCUT2D eigenvalue weighted by Gasteiger charge is 2.37. The number of carbonyl (C=O) groups is 2. The number of anilines is 1. The molecule has 2 bridgehead atoms. The van der Waals surface area contributed by atoms with Crippen LogP contribution < -0.4 is 4.90 Å². The third-order valence-electron chi connectivity index (χ3n) is 7.61. The molecule has 0 saturated carbocycles. The van der Waals surface area contributed by atoms with Crippen LogP contribution in [0.25, 0.3) is 0 Å². The molecule has 0 unspecified atom stereocenters. The lowest BCUT2D eigenvalue weighted by Gasteiger charge is -2.34. The fourth-order valence-electron chi connectivity index (χ4n) is 5.67. The van der Waals surface area contributed by atoms with E-state index in [2.05, 4.69) is 15.0 Å². The molecule has 1 aromatic carbocycles. The van der Waals surface area contributed by atoms with Gasteiger partial charge >= 0.3 is 6.18 Å². The van der Waals surface area contributed by atoms with Crippen molar-refractivity contribution in [2.75, 3.05) is 18.0 Å². The zero-order valence-corrected chi connectivity index (χ0v) is 21.7. The molecule has 0 spiro atoms. The molecule has 2 aromatic heterocycles. The molecule has 2 aliphatic rings. The molecule has 2 amide bonds. The molecule has 2 atom stereocenters. The van der Waals surface area contributed by atoms with Crippen molar-refractivity contribution >= 4 is 17.5 Å². The molecule has 5 rings (SSSR count). The number of pyridine rings is 1. The van der Waals surface area contributed by atoms with Gasteiger partial charge in [0.15, 0.2) is 5.69 Å². The van der Waals surface area contributed by atoms with Crippen molar-refractivity contribution < 1.29 is 22.8 Å². The predicted molar refractivity (Wildman–Crippen MR) is 138 cm³/mol. The Morgan fingerprint density at radius 3 is 2.46 bits per heavy atom. The molecular formula is C28H31F3N6O2. The number of halogens is 3. The molecule has 1 saturated heterocycles. The van der Waals surface area contributed by atoms with Crippen LogP contribution in [-0.2, 0) is 35.4 Å². The van der Waals surface area contributed by atoms with E-state index in [1.165, 1.54) is 6.20 Å². The van der Waals surface area contributed by atoms with Crippen molar-refractivity contribution in [2.24, 2.45) is 0 Å². The minimum atomic E-state index is -4.58. The van der Waals surface area contributed by atoms with Crippen molar-refractivity contribution in [3.05, 3.63) is 77.9 Å². The van der Waals surface area contributed by atoms with Gasteiger partial charge < -0.3 is 9.80 Å². The Bertz CT molecular complexity index is 1310. The average Bonchev–Trinajstić information content (AvgIpc) is 3.51. The summed E-state index contributed by atoms with van der Waals surface area (Å²) < 4.78 is 40.3. The summed E-state index contributed by atoms with van der Waals surface area (Å²) in [5.74, 6) is -0.409. The minimum absolute atomic E-state index is 0.0616. The summed E-state index contributed by atoms with van der Waals surface area (Å²) in [4.78, 5) is 36.4. The van der Waals surface area contributed by atoms with Crippen molar-refractivity contribution in [2.45, 2.75) is 64.1 Å². The van der Waals surface area contributed by atoms with E-state index in [0.717, 1.165) is 46.8 Å². The van der Waals surface area contributed by atoms with Crippen LogP contribution in [0.4, 0.5) is 18.9 Å². The molecule has 1 fully saturated rings. The van der Waals surface area contributed by atoms with Crippen molar-refractivity contribution in [3.63, 3.8) is 0 Å². The SMILES string of the molecule is CC(=O)N1CC[C@H]2CC[C@@H](CN(C(=O)Cn3ccc(C(F)(F)F)n3)Cc3ccccc31)N2Cc1ccncc1. The van der Waals surface area contributed by atoms with Crippen molar-refractivity contribution in [1.82, 2.24) is 24.6 Å². The monoisotopic (exact) mass is 540 g/mol. The van der Waals surface area contributed by atoms with Crippen LogP contribution in [0, 0.1) is 0 Å². The van der Waals surface area contributed by atoms with Gasteiger partial charge in [-0.1, -0.05) is 18.2 Å². The average molecular weight is 541 g/mol. The van der Waals surface area contributed by atoms with Crippen LogP contribution in [-0.4, -0.2) is 61.6 Å². The zero-order valence-electron chi connectivity index (χ0n) is 21.7. The van der Waals surface area contributed by atoms with Gasteiger partial charge in [0.2, 0.25) is 11.8 Å². The van der Waals surface area contributed by atoms with Crippen LogP contribution in [0.1, 0.15) is 43.0 Å². The fraction of sp³-hybridized carbons (Fsp3) is 0.429. The van der Waals surface area contributed by atoms with Gasteiger partial charge in [-0.15, -0.1) is 0 Å². The van der Waals surface area contributed by atoms with Crippen LogP contribution >= 0.6 is 0 Å². The van der Waals surface area contributed by atoms with Gasteiger partial charge in [0.25, 0.3) is 0 Å². The number of alkyl halides is 3. The van der Waals surface area contributed by atoms with Crippen LogP contribution in [0.15, 0.2) is 61.1 Å². The van der Waals surface area contributed by atoms with Crippen LogP contribution in [0.2, 0.25) is 0 Å². The Balaban J connectivity index is 1.48. The van der Waals surface area contributed by atoms with Gasteiger partial charge in [-0.2, -0.15) is 18.3 Å². The first-order valence-electron chi connectivity index (χ1n) is 13.1. The number of nitrogens with zero attached hydrogens (tertiary/aromatic N) is 6. The Morgan fingerprint density at radius 2 is 1.74 bits per heavy atom. The van der Waals surface area contributed by atoms with Gasteiger partial charge in [0, 0.05) is 69.5 Å². The lowest BCUT2D eigenvalue weighted by molar-refractivity contribution is -0.142. The number of fused-ring (bicyclic) bond motifs is 3. The van der Waals surface area contributed by atoms with Gasteiger partial charge in [0.1, 0.15) is 6.54 Å². The van der Waals surface area contributed by atoms with E-state index in [1.54, 1.807) is 29.1 Å². The van der Waals surface area contributed by atoms with Gasteiger partial charge in [0.05, 0.1) is 0 Å². The molecule has 8 nitrogen and oxygen atoms in total. The Hall–Kier alpha value is -3.73. The van der Waals surface area contributed by atoms with Crippen LogP contribution in [0.5, 0.6) is 0 Å². The highest BCUT2D eigenvalue weighted by atomic mass is 19.4. The number of hydrogen-bond donors (Lipinski definition) is 0. The number of amides is 2. The number of para-hydroxylation sites is 1. The number of hydrogen-bond acceptors (Lipinski definition) is 5. The van der Waals surface area contributed by atoms with Gasteiger partial charge in [-0.05, 0) is 54.7 Å². The largest absolute Gasteiger partial charge is 0.435 e. The van der Waals surface area contributed by atoms with E-state index in [0.29, 0.717) is 19.6 Å². The van der Waals surface area contributed by atoms with Crippen LogP contribution in [0.3, 0.4) is 0 Å². The summed E-state index contributed by atoms with van der Waals surface area (Å²) >= 11 is 0. The van der Waals surface area contributed by atoms with E-state index >= 15 is 0 Å². The Labute approximate surface area is 225 Å². The lowest BCUT2D eigenvalue weighted by Crippen LogP contribution is -2.45. The summed E-state index contributed by atoms with van der Waals surface area (Å²) in [6.07, 6.45) is 2.71. The first-order chi connectivity index (χ1) is 18.7. The molecule has 0 aliphatic carbocycles. The number of rotatable bonds is 4. The molecule has 3 aromatic rings. The first kappa shape index (κ1) is 26.9. The van der Waals surface area contributed by atoms with Crippen molar-refractivity contribution in [1.29, 1.82) is 0 Å². The van der Waals surface area contributed by atoms with E-state index in [9.17, 15) is 22.8 Å². The molecule has 206 valence electrons. The normalized spacial score (nSPS) is 20.4. The standard InChI is InChI=1S/C28H31F3N6O2/c1-20(38)36-15-10-23-6-7-24(37(23)16-21-8-12-32-13-9-21)18-34(17-22-4-2-3-5-25(22)36)27(39)19-35-14-11-26(33-35)28(29,30)31/h2-5,8-9,11-14,23-24H,6-7,10,15-19H2,1H3/t23-,24+/m1/s1. The third-order valence-corrected chi connectivity index (χ3v) is 7.61. The quantitative estimate of drug-likeness (QED) is 0.498. The summed E-state index contributed by atoms with van der Waals surface area (Å²) in [6.45, 7) is 3.12. The van der Waals surface area contributed by atoms with E-state index in [1.807, 2.05) is 36.4 Å². The second kappa shape index (κ2) is 11.2. The summed E-state index contributed by atoms with van der Waals surface area (Å²) in [7, 11) is 0. The second-order valence-electron chi connectivity index (χ2n) is 10.2. The number of benzene rings is 1. The Kier molecular flexibility index (Phi) is 7.69. The number of aromatic nitrogens is 3. The lowest BCUT2D eigenvalue weighted by atomic mass is 10.1. The topological polar surface area (TPSA) is 74.6 Å². The zero-order chi connectivity index (χ0) is 27.6. The molecule has 0 radical (unpaired) electrons. The predicted octanol–water partition coefficient (Wildman–Crippen LogP) is 4.12. The fourth-order valence-corrected chi connectivity index (χ4v) is 5.67. The van der Waals surface area contributed by atoms with E-state index in [-0.39, 0.29) is 37.0 Å². The third kappa shape index (κ3) is 6.13. The Morgan fingerprint density at radius 1 is 1.00 bits per heavy atom. The highest BCUT2D eigenvalue weighted by molar-refractivity contribution is 5.92. The van der Waals surface area contributed by atoms with Crippen molar-refractivity contribution in [3.8, 4) is 0 Å². The molecule has 2 aliphatic heterocycles. The second-order valence-corrected chi connectivity index (χ2v) is 10.2. The van der Waals surface area contributed by atoms with E-state index in [4.69, 9.17) is 0 Å². The highest BCUT2D eigenvalue weighted by Crippen LogP contribution is 2.33. The summed E-state index contributed by atoms with van der Waals surface area (Å²) in [6, 6.07) is 12.6. The maximum Gasteiger partial charge on any atom is 0.435 e. The summed E-state index contributed by atoms with van der Waals surface area (Å²) in [5.41, 5.74) is 1.64. The molecule has 11 heteroatoms. The first-order valence-corrected chi connectivity index (χ1v) is 13.1. The smallest absolute Gasteiger partial charge is 0.335 e. The summed E-state index contributed by atoms with van der Waals surface area (Å²) in [5, 5.41) is 3.58. The molecule has 0 N–H and O–H groups in total. The van der Waals surface area contributed by atoms with Gasteiger partial charge in [-0.3, -0.25) is 24.2 Å². The maximum absolute atomic E-state index is 13.6. The minimum Gasteiger partial charge on any atom is -0.335 e.